The minimum atomic E-state index is 0.715. The van der Waals surface area contributed by atoms with Gasteiger partial charge < -0.3 is 5.32 Å². The Kier molecular flexibility index (Phi) is 5.18. The van der Waals surface area contributed by atoms with Crippen molar-refractivity contribution in [3.63, 3.8) is 0 Å². The highest BCUT2D eigenvalue weighted by Gasteiger charge is 2.26. The standard InChI is InChI=1S/C16H26N2/c1-13(2)10-18-12-14-6-3-4-8-16(14)15-7-5-9-17-11-15/h5,7,9,11,13-14,16,18H,3-4,6,8,10,12H2,1-2H3. The van der Waals surface area contributed by atoms with Gasteiger partial charge in [-0.25, -0.2) is 0 Å². The molecule has 0 aromatic carbocycles. The number of aromatic nitrogens is 1. The number of nitrogens with one attached hydrogen (secondary N) is 1. The molecular formula is C16H26N2. The van der Waals surface area contributed by atoms with Crippen LogP contribution < -0.4 is 5.32 Å². The van der Waals surface area contributed by atoms with Crippen LogP contribution in [0.5, 0.6) is 0 Å². The Balaban J connectivity index is 1.94. The van der Waals surface area contributed by atoms with Crippen molar-refractivity contribution in [1.29, 1.82) is 0 Å². The van der Waals surface area contributed by atoms with Crippen LogP contribution in [0, 0.1) is 11.8 Å². The van der Waals surface area contributed by atoms with E-state index in [2.05, 4.69) is 42.5 Å². The molecule has 2 heteroatoms. The highest BCUT2D eigenvalue weighted by atomic mass is 14.9. The minimum Gasteiger partial charge on any atom is -0.316 e. The molecule has 0 spiro atoms. The molecule has 2 atom stereocenters. The summed E-state index contributed by atoms with van der Waals surface area (Å²) in [6.45, 7) is 6.84. The van der Waals surface area contributed by atoms with E-state index in [1.807, 2.05) is 6.20 Å². The van der Waals surface area contributed by atoms with Gasteiger partial charge in [0.2, 0.25) is 0 Å². The number of hydrogen-bond acceptors (Lipinski definition) is 2. The van der Waals surface area contributed by atoms with Crippen molar-refractivity contribution < 1.29 is 0 Å². The summed E-state index contributed by atoms with van der Waals surface area (Å²) < 4.78 is 0. The molecule has 2 unspecified atom stereocenters. The van der Waals surface area contributed by atoms with E-state index in [-0.39, 0.29) is 0 Å². The minimum absolute atomic E-state index is 0.715. The second kappa shape index (κ2) is 6.89. The number of pyridine rings is 1. The fourth-order valence-electron chi connectivity index (χ4n) is 3.04. The zero-order valence-electron chi connectivity index (χ0n) is 11.7. The van der Waals surface area contributed by atoms with E-state index in [4.69, 9.17) is 0 Å². The zero-order chi connectivity index (χ0) is 12.8. The molecule has 1 aliphatic carbocycles. The molecule has 0 aliphatic heterocycles. The van der Waals surface area contributed by atoms with Crippen molar-refractivity contribution in [2.45, 2.75) is 45.4 Å². The van der Waals surface area contributed by atoms with E-state index >= 15 is 0 Å². The maximum Gasteiger partial charge on any atom is 0.0302 e. The average Bonchev–Trinajstić information content (AvgIpc) is 2.40. The van der Waals surface area contributed by atoms with Crippen molar-refractivity contribution in [3.8, 4) is 0 Å². The van der Waals surface area contributed by atoms with Crippen LogP contribution in [-0.2, 0) is 0 Å². The summed E-state index contributed by atoms with van der Waals surface area (Å²) in [6, 6.07) is 4.32. The summed E-state index contributed by atoms with van der Waals surface area (Å²) in [4.78, 5) is 4.28. The third-order valence-corrected chi connectivity index (χ3v) is 3.98. The Hall–Kier alpha value is -0.890. The van der Waals surface area contributed by atoms with Gasteiger partial charge in [-0.1, -0.05) is 32.8 Å². The molecule has 2 nitrogen and oxygen atoms in total. The van der Waals surface area contributed by atoms with Crippen LogP contribution in [0.25, 0.3) is 0 Å². The molecule has 100 valence electrons. The first kappa shape index (κ1) is 13.5. The van der Waals surface area contributed by atoms with Crippen molar-refractivity contribution in [1.82, 2.24) is 10.3 Å². The maximum atomic E-state index is 4.28. The molecule has 1 heterocycles. The Morgan fingerprint density at radius 3 is 2.89 bits per heavy atom. The van der Waals surface area contributed by atoms with Crippen molar-refractivity contribution >= 4 is 0 Å². The summed E-state index contributed by atoms with van der Waals surface area (Å²) in [5.41, 5.74) is 1.44. The van der Waals surface area contributed by atoms with Gasteiger partial charge in [-0.15, -0.1) is 0 Å². The van der Waals surface area contributed by atoms with Crippen molar-refractivity contribution in [2.24, 2.45) is 11.8 Å². The average molecular weight is 246 g/mol. The first-order chi connectivity index (χ1) is 8.77. The maximum absolute atomic E-state index is 4.28. The Morgan fingerprint density at radius 1 is 1.33 bits per heavy atom. The Bertz CT molecular complexity index is 334. The molecule has 1 fully saturated rings. The topological polar surface area (TPSA) is 24.9 Å². The summed E-state index contributed by atoms with van der Waals surface area (Å²) in [5, 5.41) is 3.63. The molecular weight excluding hydrogens is 220 g/mol. The molecule has 1 saturated carbocycles. The van der Waals surface area contributed by atoms with Gasteiger partial charge in [0.05, 0.1) is 0 Å². The molecule has 0 bridgehead atoms. The number of rotatable bonds is 5. The van der Waals surface area contributed by atoms with E-state index in [0.717, 1.165) is 24.9 Å². The lowest BCUT2D eigenvalue weighted by molar-refractivity contribution is 0.291. The Labute approximate surface area is 111 Å². The first-order valence-corrected chi connectivity index (χ1v) is 7.38. The molecule has 0 amide bonds. The monoisotopic (exact) mass is 246 g/mol. The van der Waals surface area contributed by atoms with Crippen LogP contribution in [0.15, 0.2) is 24.5 Å². The van der Waals surface area contributed by atoms with E-state index in [1.165, 1.54) is 31.2 Å². The highest BCUT2D eigenvalue weighted by Crippen LogP contribution is 2.37. The van der Waals surface area contributed by atoms with Gasteiger partial charge in [-0.05, 0) is 55.3 Å². The molecule has 1 aromatic heterocycles. The third-order valence-electron chi connectivity index (χ3n) is 3.98. The van der Waals surface area contributed by atoms with Crippen LogP contribution in [0.3, 0.4) is 0 Å². The molecule has 2 rings (SSSR count). The molecule has 1 aliphatic rings. The fourth-order valence-corrected chi connectivity index (χ4v) is 3.04. The summed E-state index contributed by atoms with van der Waals surface area (Å²) >= 11 is 0. The smallest absolute Gasteiger partial charge is 0.0302 e. The number of nitrogens with zero attached hydrogens (tertiary/aromatic N) is 1. The van der Waals surface area contributed by atoms with E-state index in [1.54, 1.807) is 0 Å². The normalized spacial score (nSPS) is 24.4. The van der Waals surface area contributed by atoms with Crippen molar-refractivity contribution in [3.05, 3.63) is 30.1 Å². The second-order valence-corrected chi connectivity index (χ2v) is 5.99. The second-order valence-electron chi connectivity index (χ2n) is 5.99. The van der Waals surface area contributed by atoms with Crippen LogP contribution in [0.2, 0.25) is 0 Å². The quantitative estimate of drug-likeness (QED) is 0.858. The van der Waals surface area contributed by atoms with Crippen LogP contribution in [-0.4, -0.2) is 18.1 Å². The van der Waals surface area contributed by atoms with Gasteiger partial charge in [-0.3, -0.25) is 4.98 Å². The van der Waals surface area contributed by atoms with Crippen LogP contribution >= 0.6 is 0 Å². The molecule has 0 saturated heterocycles. The van der Waals surface area contributed by atoms with Crippen molar-refractivity contribution in [2.75, 3.05) is 13.1 Å². The fraction of sp³-hybridized carbons (Fsp3) is 0.688. The van der Waals surface area contributed by atoms with Crippen LogP contribution in [0.1, 0.15) is 51.0 Å². The molecule has 0 radical (unpaired) electrons. The van der Waals surface area contributed by atoms with Gasteiger partial charge in [0.1, 0.15) is 0 Å². The molecule has 1 N–H and O–H groups in total. The zero-order valence-corrected chi connectivity index (χ0v) is 11.7. The largest absolute Gasteiger partial charge is 0.316 e. The lowest BCUT2D eigenvalue weighted by Crippen LogP contribution is -2.31. The van der Waals surface area contributed by atoms with Gasteiger partial charge in [0.15, 0.2) is 0 Å². The lowest BCUT2D eigenvalue weighted by atomic mass is 9.76. The third kappa shape index (κ3) is 3.81. The highest BCUT2D eigenvalue weighted by molar-refractivity contribution is 5.16. The van der Waals surface area contributed by atoms with Crippen LogP contribution in [0.4, 0.5) is 0 Å². The number of hydrogen-bond donors (Lipinski definition) is 1. The first-order valence-electron chi connectivity index (χ1n) is 7.38. The van der Waals surface area contributed by atoms with E-state index in [9.17, 15) is 0 Å². The van der Waals surface area contributed by atoms with Gasteiger partial charge in [0, 0.05) is 12.4 Å². The molecule has 18 heavy (non-hydrogen) atoms. The lowest BCUT2D eigenvalue weighted by Gasteiger charge is -2.32. The predicted octanol–water partition coefficient (Wildman–Crippen LogP) is 3.60. The summed E-state index contributed by atoms with van der Waals surface area (Å²) in [6.07, 6.45) is 9.40. The summed E-state index contributed by atoms with van der Waals surface area (Å²) in [5.74, 6) is 2.25. The molecule has 1 aromatic rings. The van der Waals surface area contributed by atoms with Gasteiger partial charge in [-0.2, -0.15) is 0 Å². The van der Waals surface area contributed by atoms with E-state index < -0.39 is 0 Å². The Morgan fingerprint density at radius 2 is 2.17 bits per heavy atom. The SMILES string of the molecule is CC(C)CNCC1CCCCC1c1cccnc1. The van der Waals surface area contributed by atoms with Gasteiger partial charge >= 0.3 is 0 Å². The van der Waals surface area contributed by atoms with E-state index in [0.29, 0.717) is 5.92 Å². The summed E-state index contributed by atoms with van der Waals surface area (Å²) in [7, 11) is 0. The predicted molar refractivity (Wildman–Crippen MR) is 76.6 cm³/mol. The van der Waals surface area contributed by atoms with Gasteiger partial charge in [0.25, 0.3) is 0 Å².